The molecule has 0 aromatic rings. The van der Waals surface area contributed by atoms with Crippen molar-refractivity contribution in [2.75, 3.05) is 13.2 Å². The first kappa shape index (κ1) is 10.7. The summed E-state index contributed by atoms with van der Waals surface area (Å²) in [6, 6.07) is 0. The predicted octanol–water partition coefficient (Wildman–Crippen LogP) is 3.02. The van der Waals surface area contributed by atoms with E-state index in [0.717, 1.165) is 12.5 Å². The Morgan fingerprint density at radius 2 is 2.18 bits per heavy atom. The van der Waals surface area contributed by atoms with E-state index in [2.05, 4.69) is 20.4 Å². The second kappa shape index (κ2) is 7.80. The minimum atomic E-state index is 0.695. The first-order chi connectivity index (χ1) is 5.35. The lowest BCUT2D eigenvalue weighted by molar-refractivity contribution is 0.117. The second-order valence-corrected chi connectivity index (χ2v) is 2.89. The van der Waals surface area contributed by atoms with Crippen LogP contribution in [-0.2, 0) is 4.74 Å². The number of ether oxygens (including phenoxy) is 1. The van der Waals surface area contributed by atoms with Crippen LogP contribution in [0.15, 0.2) is 12.7 Å². The molecule has 0 aliphatic rings. The van der Waals surface area contributed by atoms with Crippen molar-refractivity contribution in [3.8, 4) is 0 Å². The van der Waals surface area contributed by atoms with Crippen molar-refractivity contribution < 1.29 is 4.74 Å². The molecule has 66 valence electrons. The molecule has 0 amide bonds. The Bertz CT molecular complexity index is 88.9. The lowest BCUT2D eigenvalue weighted by Gasteiger charge is -2.12. The molecule has 0 saturated heterocycles. The predicted molar refractivity (Wildman–Crippen MR) is 49.7 cm³/mol. The fourth-order valence-corrected chi connectivity index (χ4v) is 1.13. The zero-order valence-corrected chi connectivity index (χ0v) is 7.81. The van der Waals surface area contributed by atoms with E-state index in [1.165, 1.54) is 19.3 Å². The van der Waals surface area contributed by atoms with Gasteiger partial charge < -0.3 is 4.74 Å². The van der Waals surface area contributed by atoms with Crippen molar-refractivity contribution in [1.82, 2.24) is 0 Å². The molecule has 0 rings (SSSR count). The first-order valence-corrected chi connectivity index (χ1v) is 4.53. The molecule has 1 atom stereocenters. The van der Waals surface area contributed by atoms with Crippen molar-refractivity contribution in [3.63, 3.8) is 0 Å². The van der Waals surface area contributed by atoms with Gasteiger partial charge in [0.15, 0.2) is 0 Å². The third-order valence-corrected chi connectivity index (χ3v) is 1.86. The van der Waals surface area contributed by atoms with Gasteiger partial charge in [0.05, 0.1) is 6.61 Å². The molecule has 1 heteroatoms. The zero-order valence-electron chi connectivity index (χ0n) is 7.81. The second-order valence-electron chi connectivity index (χ2n) is 2.89. The van der Waals surface area contributed by atoms with Crippen LogP contribution >= 0.6 is 0 Å². The van der Waals surface area contributed by atoms with Gasteiger partial charge in [0.1, 0.15) is 0 Å². The summed E-state index contributed by atoms with van der Waals surface area (Å²) >= 11 is 0. The average molecular weight is 156 g/mol. The maximum atomic E-state index is 5.37. The van der Waals surface area contributed by atoms with Gasteiger partial charge in [0.2, 0.25) is 0 Å². The molecule has 0 aromatic heterocycles. The van der Waals surface area contributed by atoms with E-state index in [-0.39, 0.29) is 0 Å². The lowest BCUT2D eigenvalue weighted by atomic mass is 10.0. The van der Waals surface area contributed by atoms with Crippen LogP contribution in [0.3, 0.4) is 0 Å². The van der Waals surface area contributed by atoms with Gasteiger partial charge in [-0.15, -0.1) is 6.58 Å². The third kappa shape index (κ3) is 6.11. The van der Waals surface area contributed by atoms with Crippen LogP contribution < -0.4 is 0 Å². The van der Waals surface area contributed by atoms with E-state index >= 15 is 0 Å². The number of rotatable bonds is 7. The van der Waals surface area contributed by atoms with Gasteiger partial charge in [-0.25, -0.2) is 0 Å². The Balaban J connectivity index is 3.27. The Labute approximate surface area is 70.4 Å². The zero-order chi connectivity index (χ0) is 8.53. The minimum Gasteiger partial charge on any atom is -0.377 e. The SMILES string of the molecule is C=CCOCC(CC)CCC. The van der Waals surface area contributed by atoms with E-state index in [1.807, 2.05) is 0 Å². The fraction of sp³-hybridized carbons (Fsp3) is 0.800. The lowest BCUT2D eigenvalue weighted by Crippen LogP contribution is -2.08. The van der Waals surface area contributed by atoms with Crippen LogP contribution in [0.5, 0.6) is 0 Å². The van der Waals surface area contributed by atoms with Gasteiger partial charge in [-0.1, -0.05) is 32.8 Å². The standard InChI is InChI=1S/C10H20O/c1-4-7-10(6-3)9-11-8-5-2/h5,10H,2,4,6-9H2,1,3H3. The van der Waals surface area contributed by atoms with Crippen LogP contribution in [0.4, 0.5) is 0 Å². The maximum Gasteiger partial charge on any atom is 0.0644 e. The Kier molecular flexibility index (Phi) is 7.59. The topological polar surface area (TPSA) is 9.23 Å². The monoisotopic (exact) mass is 156 g/mol. The summed E-state index contributed by atoms with van der Waals surface area (Å²) in [7, 11) is 0. The number of hydrogen-bond acceptors (Lipinski definition) is 1. The van der Waals surface area contributed by atoms with Crippen LogP contribution in [0.1, 0.15) is 33.1 Å². The molecule has 0 fully saturated rings. The molecule has 0 heterocycles. The molecule has 0 spiro atoms. The Morgan fingerprint density at radius 3 is 2.64 bits per heavy atom. The number of hydrogen-bond donors (Lipinski definition) is 0. The summed E-state index contributed by atoms with van der Waals surface area (Å²) in [5, 5.41) is 0. The van der Waals surface area contributed by atoms with Crippen molar-refractivity contribution in [2.24, 2.45) is 5.92 Å². The molecule has 0 radical (unpaired) electrons. The Morgan fingerprint density at radius 1 is 1.45 bits per heavy atom. The molecule has 0 aliphatic carbocycles. The highest BCUT2D eigenvalue weighted by Crippen LogP contribution is 2.10. The smallest absolute Gasteiger partial charge is 0.0644 e. The summed E-state index contributed by atoms with van der Waals surface area (Å²) < 4.78 is 5.37. The van der Waals surface area contributed by atoms with E-state index in [4.69, 9.17) is 4.74 Å². The average Bonchev–Trinajstić information content (AvgIpc) is 2.03. The quantitative estimate of drug-likeness (QED) is 0.406. The molecule has 0 saturated carbocycles. The molecular weight excluding hydrogens is 136 g/mol. The van der Waals surface area contributed by atoms with Crippen molar-refractivity contribution >= 4 is 0 Å². The maximum absolute atomic E-state index is 5.37. The van der Waals surface area contributed by atoms with Crippen LogP contribution in [-0.4, -0.2) is 13.2 Å². The van der Waals surface area contributed by atoms with Gasteiger partial charge in [-0.05, 0) is 12.3 Å². The molecule has 1 unspecified atom stereocenters. The van der Waals surface area contributed by atoms with Gasteiger partial charge >= 0.3 is 0 Å². The summed E-state index contributed by atoms with van der Waals surface area (Å²) in [6.45, 7) is 9.64. The van der Waals surface area contributed by atoms with Crippen molar-refractivity contribution in [1.29, 1.82) is 0 Å². The van der Waals surface area contributed by atoms with Gasteiger partial charge in [0.25, 0.3) is 0 Å². The normalized spacial score (nSPS) is 12.9. The van der Waals surface area contributed by atoms with Gasteiger partial charge in [-0.2, -0.15) is 0 Å². The molecular formula is C10H20O. The molecule has 0 aliphatic heterocycles. The Hall–Kier alpha value is -0.300. The fourth-order valence-electron chi connectivity index (χ4n) is 1.13. The highest BCUT2D eigenvalue weighted by atomic mass is 16.5. The molecule has 0 N–H and O–H groups in total. The summed E-state index contributed by atoms with van der Waals surface area (Å²) in [5.41, 5.74) is 0. The van der Waals surface area contributed by atoms with Crippen LogP contribution in [0, 0.1) is 5.92 Å². The van der Waals surface area contributed by atoms with E-state index in [0.29, 0.717) is 6.61 Å². The van der Waals surface area contributed by atoms with Crippen LogP contribution in [0.2, 0.25) is 0 Å². The highest BCUT2D eigenvalue weighted by Gasteiger charge is 2.03. The van der Waals surface area contributed by atoms with E-state index in [9.17, 15) is 0 Å². The van der Waals surface area contributed by atoms with Gasteiger partial charge in [0, 0.05) is 6.61 Å². The van der Waals surface area contributed by atoms with Crippen molar-refractivity contribution in [3.05, 3.63) is 12.7 Å². The van der Waals surface area contributed by atoms with Crippen LogP contribution in [0.25, 0.3) is 0 Å². The summed E-state index contributed by atoms with van der Waals surface area (Å²) in [6.07, 6.45) is 5.58. The minimum absolute atomic E-state index is 0.695. The molecule has 0 bridgehead atoms. The largest absolute Gasteiger partial charge is 0.377 e. The van der Waals surface area contributed by atoms with Crippen molar-refractivity contribution in [2.45, 2.75) is 33.1 Å². The highest BCUT2D eigenvalue weighted by molar-refractivity contribution is 4.64. The first-order valence-electron chi connectivity index (χ1n) is 4.53. The van der Waals surface area contributed by atoms with Gasteiger partial charge in [-0.3, -0.25) is 0 Å². The molecule has 0 aromatic carbocycles. The van der Waals surface area contributed by atoms with E-state index < -0.39 is 0 Å². The van der Waals surface area contributed by atoms with E-state index in [1.54, 1.807) is 6.08 Å². The molecule has 1 nitrogen and oxygen atoms in total. The summed E-state index contributed by atoms with van der Waals surface area (Å²) in [4.78, 5) is 0. The summed E-state index contributed by atoms with van der Waals surface area (Å²) in [5.74, 6) is 0.750. The third-order valence-electron chi connectivity index (χ3n) is 1.86. The molecule has 11 heavy (non-hydrogen) atoms.